The number of nitrogens with one attached hydrogen (secondary N) is 1. The summed E-state index contributed by atoms with van der Waals surface area (Å²) in [6, 6.07) is 4.83. The number of hydrogen-bond donors (Lipinski definition) is 1. The number of ether oxygens (including phenoxy) is 4. The zero-order valence-electron chi connectivity index (χ0n) is 14.2. The molecule has 1 aromatic rings. The third-order valence-electron chi connectivity index (χ3n) is 3.42. The van der Waals surface area contributed by atoms with E-state index in [-0.39, 0.29) is 18.2 Å². The van der Waals surface area contributed by atoms with Crippen molar-refractivity contribution in [3.8, 4) is 11.5 Å². The highest BCUT2D eigenvalue weighted by Crippen LogP contribution is 2.27. The van der Waals surface area contributed by atoms with Gasteiger partial charge in [0.15, 0.2) is 11.5 Å². The largest absolute Gasteiger partial charge is 0.513 e. The van der Waals surface area contributed by atoms with Crippen molar-refractivity contribution >= 4 is 18.3 Å². The summed E-state index contributed by atoms with van der Waals surface area (Å²) in [5, 5.41) is 3.92. The molecule has 9 nitrogen and oxygen atoms in total. The van der Waals surface area contributed by atoms with Crippen LogP contribution in [0.25, 0.3) is 0 Å². The molecule has 1 amide bonds. The van der Waals surface area contributed by atoms with Crippen molar-refractivity contribution in [3.05, 3.63) is 23.8 Å². The van der Waals surface area contributed by atoms with E-state index in [0.29, 0.717) is 24.5 Å². The lowest BCUT2D eigenvalue weighted by molar-refractivity contribution is -0.123. The van der Waals surface area contributed by atoms with Gasteiger partial charge in [0.25, 0.3) is 5.91 Å². The predicted octanol–water partition coefficient (Wildman–Crippen LogP) is 0.623. The Morgan fingerprint density at radius 1 is 1.28 bits per heavy atom. The van der Waals surface area contributed by atoms with E-state index in [1.54, 1.807) is 18.2 Å². The molecule has 0 aliphatic carbocycles. The van der Waals surface area contributed by atoms with Crippen LogP contribution < -0.4 is 14.9 Å². The fourth-order valence-electron chi connectivity index (χ4n) is 2.16. The Hall–Kier alpha value is -2.65. The van der Waals surface area contributed by atoms with Crippen molar-refractivity contribution in [1.29, 1.82) is 0 Å². The minimum Gasteiger partial charge on any atom is -0.493 e. The molecule has 0 spiro atoms. The second kappa shape index (κ2) is 9.60. The zero-order valence-corrected chi connectivity index (χ0v) is 14.2. The van der Waals surface area contributed by atoms with Gasteiger partial charge in [0.1, 0.15) is 0 Å². The molecule has 0 unspecified atom stereocenters. The first kappa shape index (κ1) is 18.7. The van der Waals surface area contributed by atoms with E-state index >= 15 is 0 Å². The number of carbonyl (C=O) groups is 2. The van der Waals surface area contributed by atoms with Crippen molar-refractivity contribution in [2.45, 2.75) is 0 Å². The number of rotatable bonds is 6. The van der Waals surface area contributed by atoms with Crippen LogP contribution in [-0.4, -0.2) is 70.2 Å². The van der Waals surface area contributed by atoms with E-state index < -0.39 is 6.16 Å². The predicted molar refractivity (Wildman–Crippen MR) is 89.0 cm³/mol. The first-order valence-electron chi connectivity index (χ1n) is 7.68. The summed E-state index contributed by atoms with van der Waals surface area (Å²) in [6.07, 6.45) is 0.636. The van der Waals surface area contributed by atoms with E-state index in [2.05, 4.69) is 15.3 Å². The maximum absolute atomic E-state index is 11.8. The standard InChI is InChI=1S/C16H21N3O6/c1-22-14-9-12(3-4-13(14)25-16(21)23-2)10-17-18-15(20)11-19-5-7-24-8-6-19/h3-4,9-10H,5-8,11H2,1-2H3,(H,18,20). The molecule has 9 heteroatoms. The molecular weight excluding hydrogens is 330 g/mol. The SMILES string of the molecule is COC(=O)Oc1ccc(C=NNC(=O)CN2CCOCC2)cc1OC. The molecule has 1 N–H and O–H groups in total. The lowest BCUT2D eigenvalue weighted by Gasteiger charge is -2.25. The van der Waals surface area contributed by atoms with E-state index in [4.69, 9.17) is 14.2 Å². The van der Waals surface area contributed by atoms with Crippen molar-refractivity contribution in [3.63, 3.8) is 0 Å². The van der Waals surface area contributed by atoms with Gasteiger partial charge in [-0.1, -0.05) is 0 Å². The molecule has 2 rings (SSSR count). The Bertz CT molecular complexity index is 628. The lowest BCUT2D eigenvalue weighted by atomic mass is 10.2. The molecule has 136 valence electrons. The van der Waals surface area contributed by atoms with Crippen molar-refractivity contribution in [1.82, 2.24) is 10.3 Å². The second-order valence-electron chi connectivity index (χ2n) is 5.15. The van der Waals surface area contributed by atoms with Gasteiger partial charge in [-0.25, -0.2) is 10.2 Å². The monoisotopic (exact) mass is 351 g/mol. The van der Waals surface area contributed by atoms with Gasteiger partial charge >= 0.3 is 6.16 Å². The number of hydrazone groups is 1. The normalized spacial score (nSPS) is 15.0. The average molecular weight is 351 g/mol. The highest BCUT2D eigenvalue weighted by molar-refractivity contribution is 5.84. The molecule has 1 saturated heterocycles. The van der Waals surface area contributed by atoms with Crippen LogP contribution in [0.5, 0.6) is 11.5 Å². The molecule has 0 aromatic heterocycles. The van der Waals surface area contributed by atoms with Crippen molar-refractivity contribution < 1.29 is 28.5 Å². The number of carbonyl (C=O) groups excluding carboxylic acids is 2. The molecule has 1 aromatic carbocycles. The highest BCUT2D eigenvalue weighted by atomic mass is 16.7. The molecule has 1 fully saturated rings. The summed E-state index contributed by atoms with van der Waals surface area (Å²) in [4.78, 5) is 25.0. The van der Waals surface area contributed by atoms with Gasteiger partial charge < -0.3 is 18.9 Å². The van der Waals surface area contributed by atoms with E-state index in [0.717, 1.165) is 13.1 Å². The summed E-state index contributed by atoms with van der Waals surface area (Å²) in [5.74, 6) is 0.368. The second-order valence-corrected chi connectivity index (χ2v) is 5.15. The summed E-state index contributed by atoms with van der Waals surface area (Å²) < 4.78 is 19.8. The number of nitrogens with zero attached hydrogens (tertiary/aromatic N) is 2. The van der Waals surface area contributed by atoms with Crippen LogP contribution in [0.1, 0.15) is 5.56 Å². The summed E-state index contributed by atoms with van der Waals surface area (Å²) >= 11 is 0. The molecular formula is C16H21N3O6. The molecule has 0 bridgehead atoms. The molecule has 25 heavy (non-hydrogen) atoms. The minimum atomic E-state index is -0.838. The lowest BCUT2D eigenvalue weighted by Crippen LogP contribution is -2.42. The highest BCUT2D eigenvalue weighted by Gasteiger charge is 2.13. The van der Waals surface area contributed by atoms with Gasteiger partial charge in [-0.2, -0.15) is 5.10 Å². The number of morpholine rings is 1. The third-order valence-corrected chi connectivity index (χ3v) is 3.42. The summed E-state index contributed by atoms with van der Waals surface area (Å²) in [5.41, 5.74) is 3.14. The maximum Gasteiger partial charge on any atom is 0.513 e. The van der Waals surface area contributed by atoms with Gasteiger partial charge in [-0.3, -0.25) is 9.69 Å². The van der Waals surface area contributed by atoms with Crippen LogP contribution in [0.4, 0.5) is 4.79 Å². The Morgan fingerprint density at radius 3 is 2.72 bits per heavy atom. The van der Waals surface area contributed by atoms with Gasteiger partial charge in [0, 0.05) is 13.1 Å². The Balaban J connectivity index is 1.89. The van der Waals surface area contributed by atoms with Crippen LogP contribution in [0, 0.1) is 0 Å². The average Bonchev–Trinajstić information content (AvgIpc) is 2.63. The van der Waals surface area contributed by atoms with Gasteiger partial charge in [0.05, 0.1) is 40.2 Å². The molecule has 0 atom stereocenters. The Morgan fingerprint density at radius 2 is 2.04 bits per heavy atom. The van der Waals surface area contributed by atoms with Crippen LogP contribution in [0.2, 0.25) is 0 Å². The van der Waals surface area contributed by atoms with Crippen LogP contribution in [-0.2, 0) is 14.3 Å². The van der Waals surface area contributed by atoms with Crippen LogP contribution in [0.3, 0.4) is 0 Å². The van der Waals surface area contributed by atoms with E-state index in [9.17, 15) is 9.59 Å². The third kappa shape index (κ3) is 6.05. The smallest absolute Gasteiger partial charge is 0.493 e. The number of methoxy groups -OCH3 is 2. The zero-order chi connectivity index (χ0) is 18.1. The fraction of sp³-hybridized carbons (Fsp3) is 0.438. The van der Waals surface area contributed by atoms with E-state index in [1.807, 2.05) is 4.90 Å². The topological polar surface area (TPSA) is 98.7 Å². The van der Waals surface area contributed by atoms with Crippen molar-refractivity contribution in [2.24, 2.45) is 5.10 Å². The Labute approximate surface area is 145 Å². The first-order valence-corrected chi connectivity index (χ1v) is 7.68. The van der Waals surface area contributed by atoms with Crippen molar-refractivity contribution in [2.75, 3.05) is 47.1 Å². The minimum absolute atomic E-state index is 0.198. The molecule has 1 heterocycles. The molecule has 0 radical (unpaired) electrons. The first-order chi connectivity index (χ1) is 12.1. The fourth-order valence-corrected chi connectivity index (χ4v) is 2.16. The van der Waals surface area contributed by atoms with Gasteiger partial charge in [-0.15, -0.1) is 0 Å². The number of hydrogen-bond acceptors (Lipinski definition) is 8. The van der Waals surface area contributed by atoms with Gasteiger partial charge in [-0.05, 0) is 23.8 Å². The van der Waals surface area contributed by atoms with Crippen LogP contribution in [0.15, 0.2) is 23.3 Å². The van der Waals surface area contributed by atoms with E-state index in [1.165, 1.54) is 20.4 Å². The molecule has 0 saturated carbocycles. The molecule has 1 aliphatic rings. The summed E-state index contributed by atoms with van der Waals surface area (Å²) in [6.45, 7) is 3.01. The molecule has 1 aliphatic heterocycles. The summed E-state index contributed by atoms with van der Waals surface area (Å²) in [7, 11) is 2.67. The van der Waals surface area contributed by atoms with Gasteiger partial charge in [0.2, 0.25) is 0 Å². The number of amides is 1. The van der Waals surface area contributed by atoms with Crippen LogP contribution >= 0.6 is 0 Å². The Kier molecular flexibility index (Phi) is 7.17. The maximum atomic E-state index is 11.8. The number of benzene rings is 1. The quantitative estimate of drug-likeness (QED) is 0.347.